The first-order valence-corrected chi connectivity index (χ1v) is 12.4. The van der Waals surface area contributed by atoms with E-state index in [1.807, 2.05) is 12.1 Å². The molecule has 0 amide bonds. The number of hydrogen-bond acceptors (Lipinski definition) is 2. The van der Waals surface area contributed by atoms with Crippen LogP contribution in [0.15, 0.2) is 66.7 Å². The molecule has 1 saturated heterocycles. The molecule has 0 aromatic heterocycles. The van der Waals surface area contributed by atoms with Crippen molar-refractivity contribution >= 4 is 23.2 Å². The number of hydrogen-bond donors (Lipinski definition) is 1. The van der Waals surface area contributed by atoms with Crippen molar-refractivity contribution < 1.29 is 5.11 Å². The van der Waals surface area contributed by atoms with Gasteiger partial charge in [-0.15, -0.1) is 0 Å². The highest BCUT2D eigenvalue weighted by molar-refractivity contribution is 6.42. The van der Waals surface area contributed by atoms with Gasteiger partial charge in [0.15, 0.2) is 0 Å². The van der Waals surface area contributed by atoms with E-state index in [0.29, 0.717) is 16.0 Å². The molecule has 0 saturated carbocycles. The highest BCUT2D eigenvalue weighted by Crippen LogP contribution is 2.60. The standard InChI is InChI=1S/C28H27Cl2NO/c29-25-10-9-19(15-26(25)30)27(32)18-11-13-31(14-12-18)17-28-16-22(20-5-1-3-7-23(20)28)21-6-2-4-8-24(21)28/h1-10,15,18,22,27,32H,11-14,16-17H2. The number of aliphatic hydroxyl groups excluding tert-OH is 1. The van der Waals surface area contributed by atoms with Gasteiger partial charge in [-0.05, 0) is 78.2 Å². The van der Waals surface area contributed by atoms with Gasteiger partial charge in [-0.25, -0.2) is 0 Å². The first-order chi connectivity index (χ1) is 15.6. The Morgan fingerprint density at radius 3 is 2.12 bits per heavy atom. The number of nitrogens with zero attached hydrogens (tertiary/aromatic N) is 1. The van der Waals surface area contributed by atoms with Crippen LogP contribution in [-0.4, -0.2) is 29.6 Å². The highest BCUT2D eigenvalue weighted by atomic mass is 35.5. The van der Waals surface area contributed by atoms with Crippen LogP contribution in [0.2, 0.25) is 10.0 Å². The van der Waals surface area contributed by atoms with Crippen LogP contribution in [0.5, 0.6) is 0 Å². The molecule has 0 radical (unpaired) electrons. The number of fused-ring (bicyclic) bond motifs is 8. The summed E-state index contributed by atoms with van der Waals surface area (Å²) in [5, 5.41) is 12.0. The van der Waals surface area contributed by atoms with Gasteiger partial charge in [-0.3, -0.25) is 0 Å². The second kappa shape index (κ2) is 7.88. The molecular formula is C28H27Cl2NO. The predicted octanol–water partition coefficient (Wildman–Crippen LogP) is 6.57. The lowest BCUT2D eigenvalue weighted by Crippen LogP contribution is -2.44. The lowest BCUT2D eigenvalue weighted by molar-refractivity contribution is 0.0540. The summed E-state index contributed by atoms with van der Waals surface area (Å²) in [5.74, 6) is 0.789. The minimum atomic E-state index is -0.492. The van der Waals surface area contributed by atoms with Crippen molar-refractivity contribution in [1.29, 1.82) is 0 Å². The Hall–Kier alpha value is -1.84. The molecule has 1 aliphatic heterocycles. The van der Waals surface area contributed by atoms with Crippen LogP contribution in [0.25, 0.3) is 0 Å². The summed E-state index contributed by atoms with van der Waals surface area (Å²) < 4.78 is 0. The minimum absolute atomic E-state index is 0.104. The maximum absolute atomic E-state index is 11.0. The Labute approximate surface area is 199 Å². The van der Waals surface area contributed by atoms with Crippen LogP contribution >= 0.6 is 23.2 Å². The molecule has 6 rings (SSSR count). The van der Waals surface area contributed by atoms with Gasteiger partial charge in [0.25, 0.3) is 0 Å². The van der Waals surface area contributed by atoms with Crippen molar-refractivity contribution in [2.24, 2.45) is 5.92 Å². The van der Waals surface area contributed by atoms with Gasteiger partial charge in [0.2, 0.25) is 0 Å². The van der Waals surface area contributed by atoms with E-state index in [1.54, 1.807) is 6.07 Å². The summed E-state index contributed by atoms with van der Waals surface area (Å²) in [7, 11) is 0. The molecule has 2 nitrogen and oxygen atoms in total. The normalized spacial score (nSPS) is 25.5. The number of aliphatic hydroxyl groups is 1. The smallest absolute Gasteiger partial charge is 0.0819 e. The van der Waals surface area contributed by atoms with Gasteiger partial charge in [0, 0.05) is 17.9 Å². The molecule has 1 N–H and O–H groups in total. The average Bonchev–Trinajstić information content (AvgIpc) is 3.33. The molecule has 1 heterocycles. The van der Waals surface area contributed by atoms with Crippen LogP contribution in [-0.2, 0) is 5.41 Å². The molecule has 3 aromatic carbocycles. The summed E-state index contributed by atoms with van der Waals surface area (Å²) in [5.41, 5.74) is 7.08. The molecule has 1 atom stereocenters. The fourth-order valence-corrected chi connectivity index (χ4v) is 6.89. The first kappa shape index (κ1) is 20.7. The molecule has 1 unspecified atom stereocenters. The van der Waals surface area contributed by atoms with Crippen molar-refractivity contribution in [3.8, 4) is 0 Å². The third-order valence-corrected chi connectivity index (χ3v) is 8.85. The molecule has 32 heavy (non-hydrogen) atoms. The van der Waals surface area contributed by atoms with Crippen molar-refractivity contribution in [1.82, 2.24) is 4.90 Å². The first-order valence-electron chi connectivity index (χ1n) is 11.6. The summed E-state index contributed by atoms with van der Waals surface area (Å²) in [6.45, 7) is 3.09. The van der Waals surface area contributed by atoms with Gasteiger partial charge in [-0.2, -0.15) is 0 Å². The summed E-state index contributed by atoms with van der Waals surface area (Å²) in [4.78, 5) is 2.62. The van der Waals surface area contributed by atoms with E-state index in [0.717, 1.165) is 38.0 Å². The SMILES string of the molecule is OC(c1ccc(Cl)c(Cl)c1)C1CCN(CC23CC(c4ccccc42)c2ccccc23)CC1. The zero-order chi connectivity index (χ0) is 21.9. The Kier molecular flexibility index (Phi) is 5.11. The van der Waals surface area contributed by atoms with Gasteiger partial charge >= 0.3 is 0 Å². The van der Waals surface area contributed by atoms with E-state index in [-0.39, 0.29) is 11.3 Å². The van der Waals surface area contributed by atoms with E-state index < -0.39 is 6.10 Å². The zero-order valence-corrected chi connectivity index (χ0v) is 19.5. The van der Waals surface area contributed by atoms with Gasteiger partial charge in [0.05, 0.1) is 16.1 Å². The molecule has 3 aromatic rings. The van der Waals surface area contributed by atoms with Crippen molar-refractivity contribution in [2.45, 2.75) is 36.7 Å². The topological polar surface area (TPSA) is 23.5 Å². The molecule has 0 spiro atoms. The van der Waals surface area contributed by atoms with Gasteiger partial charge in [0.1, 0.15) is 0 Å². The second-order valence-electron chi connectivity index (χ2n) is 9.75. The number of likely N-dealkylation sites (tertiary alicyclic amines) is 1. The quantitative estimate of drug-likeness (QED) is 0.472. The van der Waals surface area contributed by atoms with Crippen LogP contribution < -0.4 is 0 Å². The Balaban J connectivity index is 1.21. The van der Waals surface area contributed by atoms with Crippen molar-refractivity contribution in [3.63, 3.8) is 0 Å². The van der Waals surface area contributed by atoms with Crippen LogP contribution in [0.4, 0.5) is 0 Å². The van der Waals surface area contributed by atoms with Crippen LogP contribution in [0.1, 0.15) is 59.1 Å². The Morgan fingerprint density at radius 1 is 0.875 bits per heavy atom. The number of piperidine rings is 1. The number of halogens is 2. The maximum atomic E-state index is 11.0. The molecule has 2 bridgehead atoms. The van der Waals surface area contributed by atoms with E-state index in [9.17, 15) is 5.11 Å². The lowest BCUT2D eigenvalue weighted by Gasteiger charge is -2.40. The van der Waals surface area contributed by atoms with E-state index in [4.69, 9.17) is 23.2 Å². The summed E-state index contributed by atoms with van der Waals surface area (Å²) in [6, 6.07) is 23.6. The Morgan fingerprint density at radius 2 is 1.50 bits per heavy atom. The molecule has 3 aliphatic rings. The third-order valence-electron chi connectivity index (χ3n) is 8.11. The Bertz CT molecular complexity index is 1120. The van der Waals surface area contributed by atoms with Gasteiger partial charge < -0.3 is 10.0 Å². The zero-order valence-electron chi connectivity index (χ0n) is 18.0. The molecule has 2 aliphatic carbocycles. The summed E-state index contributed by atoms with van der Waals surface area (Å²) in [6.07, 6.45) is 2.68. The van der Waals surface area contributed by atoms with E-state index in [1.165, 1.54) is 28.7 Å². The molecule has 1 fully saturated rings. The minimum Gasteiger partial charge on any atom is -0.388 e. The number of benzene rings is 3. The molecule has 164 valence electrons. The predicted molar refractivity (Wildman–Crippen MR) is 131 cm³/mol. The maximum Gasteiger partial charge on any atom is 0.0819 e. The average molecular weight is 464 g/mol. The third kappa shape index (κ3) is 3.15. The largest absolute Gasteiger partial charge is 0.388 e. The van der Waals surface area contributed by atoms with E-state index >= 15 is 0 Å². The van der Waals surface area contributed by atoms with E-state index in [2.05, 4.69) is 53.4 Å². The van der Waals surface area contributed by atoms with Gasteiger partial charge in [-0.1, -0.05) is 77.8 Å². The van der Waals surface area contributed by atoms with Crippen molar-refractivity contribution in [3.05, 3.63) is 105 Å². The van der Waals surface area contributed by atoms with Crippen LogP contribution in [0, 0.1) is 5.92 Å². The molecular weight excluding hydrogens is 437 g/mol. The fourth-order valence-electron chi connectivity index (χ4n) is 6.59. The lowest BCUT2D eigenvalue weighted by atomic mass is 9.74. The summed E-state index contributed by atoms with van der Waals surface area (Å²) >= 11 is 12.2. The fraction of sp³-hybridized carbons (Fsp3) is 0.357. The monoisotopic (exact) mass is 463 g/mol. The molecule has 4 heteroatoms. The highest BCUT2D eigenvalue weighted by Gasteiger charge is 2.53. The van der Waals surface area contributed by atoms with Crippen LogP contribution in [0.3, 0.4) is 0 Å². The van der Waals surface area contributed by atoms with Crippen molar-refractivity contribution in [2.75, 3.05) is 19.6 Å². The number of rotatable bonds is 4. The second-order valence-corrected chi connectivity index (χ2v) is 10.6.